The van der Waals surface area contributed by atoms with Crippen LogP contribution in [0.2, 0.25) is 5.02 Å². The van der Waals surface area contributed by atoms with Gasteiger partial charge in [-0.2, -0.15) is 0 Å². The molecule has 2 nitrogen and oxygen atoms in total. The molecule has 0 saturated heterocycles. The number of aromatic nitrogens is 1. The zero-order valence-electron chi connectivity index (χ0n) is 6.34. The fourth-order valence-corrected chi connectivity index (χ4v) is 1.15. The highest BCUT2D eigenvalue weighted by Crippen LogP contribution is 2.15. The van der Waals surface area contributed by atoms with Crippen molar-refractivity contribution >= 4 is 11.6 Å². The molecule has 0 spiro atoms. The minimum absolute atomic E-state index is 0.0519. The molecule has 1 N–H and O–H groups in total. The van der Waals surface area contributed by atoms with Gasteiger partial charge in [0.25, 0.3) is 0 Å². The van der Waals surface area contributed by atoms with E-state index in [1.54, 1.807) is 12.3 Å². The smallest absolute Gasteiger partial charge is 0.0853 e. The molecule has 0 radical (unpaired) electrons. The molecule has 1 aromatic heterocycles. The van der Waals surface area contributed by atoms with Gasteiger partial charge in [-0.1, -0.05) is 18.5 Å². The number of halogens is 1. The van der Waals surface area contributed by atoms with Crippen molar-refractivity contribution < 1.29 is 5.11 Å². The monoisotopic (exact) mass is 171 g/mol. The van der Waals surface area contributed by atoms with Crippen molar-refractivity contribution in [3.05, 3.63) is 28.5 Å². The Hall–Kier alpha value is -0.600. The second kappa shape index (κ2) is 3.69. The quantitative estimate of drug-likeness (QED) is 0.736. The van der Waals surface area contributed by atoms with Crippen molar-refractivity contribution in [1.82, 2.24) is 4.98 Å². The Balaban J connectivity index is 2.99. The molecule has 1 aromatic rings. The van der Waals surface area contributed by atoms with Crippen LogP contribution in [0.25, 0.3) is 0 Å². The third-order valence-electron chi connectivity index (χ3n) is 1.53. The highest BCUT2D eigenvalue weighted by atomic mass is 35.5. The topological polar surface area (TPSA) is 33.1 Å². The summed E-state index contributed by atoms with van der Waals surface area (Å²) in [5.41, 5.74) is 1.64. The second-order valence-electron chi connectivity index (χ2n) is 2.28. The van der Waals surface area contributed by atoms with Gasteiger partial charge in [0.2, 0.25) is 0 Å². The van der Waals surface area contributed by atoms with Crippen molar-refractivity contribution in [2.24, 2.45) is 0 Å². The van der Waals surface area contributed by atoms with E-state index in [0.717, 1.165) is 12.0 Å². The largest absolute Gasteiger partial charge is 0.390 e. The molecule has 0 aromatic carbocycles. The van der Waals surface area contributed by atoms with Gasteiger partial charge in [-0.15, -0.1) is 0 Å². The Morgan fingerprint density at radius 1 is 1.64 bits per heavy atom. The summed E-state index contributed by atoms with van der Waals surface area (Å²) < 4.78 is 0. The molecule has 0 atom stereocenters. The van der Waals surface area contributed by atoms with Crippen molar-refractivity contribution in [2.45, 2.75) is 20.0 Å². The SMILES string of the molecule is CCc1cnc(CO)cc1Cl. The number of hydrogen-bond acceptors (Lipinski definition) is 2. The van der Waals surface area contributed by atoms with Crippen molar-refractivity contribution in [3.63, 3.8) is 0 Å². The van der Waals surface area contributed by atoms with Crippen LogP contribution in [-0.4, -0.2) is 10.1 Å². The first-order valence-electron chi connectivity index (χ1n) is 3.52. The Morgan fingerprint density at radius 2 is 2.36 bits per heavy atom. The lowest BCUT2D eigenvalue weighted by Gasteiger charge is -2.00. The van der Waals surface area contributed by atoms with Gasteiger partial charge >= 0.3 is 0 Å². The molecule has 60 valence electrons. The van der Waals surface area contributed by atoms with Gasteiger partial charge in [-0.3, -0.25) is 4.98 Å². The summed E-state index contributed by atoms with van der Waals surface area (Å²) in [5, 5.41) is 9.39. The summed E-state index contributed by atoms with van der Waals surface area (Å²) in [4.78, 5) is 3.99. The van der Waals surface area contributed by atoms with Crippen molar-refractivity contribution in [3.8, 4) is 0 Å². The normalized spacial score (nSPS) is 10.1. The molecule has 11 heavy (non-hydrogen) atoms. The number of aliphatic hydroxyl groups is 1. The van der Waals surface area contributed by atoms with Gasteiger partial charge in [0.05, 0.1) is 12.3 Å². The predicted octanol–water partition coefficient (Wildman–Crippen LogP) is 1.79. The first-order chi connectivity index (χ1) is 5.27. The van der Waals surface area contributed by atoms with Crippen molar-refractivity contribution in [1.29, 1.82) is 0 Å². The summed E-state index contributed by atoms with van der Waals surface area (Å²) in [6, 6.07) is 1.69. The fraction of sp³-hybridized carbons (Fsp3) is 0.375. The van der Waals surface area contributed by atoms with Crippen LogP contribution >= 0.6 is 11.6 Å². The summed E-state index contributed by atoms with van der Waals surface area (Å²) >= 11 is 5.86. The molecule has 0 aliphatic rings. The van der Waals surface area contributed by atoms with Crippen LogP contribution in [0.1, 0.15) is 18.2 Å². The Morgan fingerprint density at radius 3 is 2.82 bits per heavy atom. The molecular formula is C8H10ClNO. The second-order valence-corrected chi connectivity index (χ2v) is 2.69. The van der Waals surface area contributed by atoms with E-state index in [0.29, 0.717) is 10.7 Å². The lowest BCUT2D eigenvalue weighted by atomic mass is 10.2. The van der Waals surface area contributed by atoms with Crippen LogP contribution in [0.5, 0.6) is 0 Å². The van der Waals surface area contributed by atoms with E-state index in [-0.39, 0.29) is 6.61 Å². The average molecular weight is 172 g/mol. The zero-order chi connectivity index (χ0) is 8.27. The number of pyridine rings is 1. The van der Waals surface area contributed by atoms with E-state index in [1.165, 1.54) is 0 Å². The van der Waals surface area contributed by atoms with Gasteiger partial charge in [0.1, 0.15) is 0 Å². The van der Waals surface area contributed by atoms with Gasteiger partial charge in [0, 0.05) is 11.2 Å². The molecule has 0 aliphatic heterocycles. The minimum atomic E-state index is -0.0519. The number of nitrogens with zero attached hydrogens (tertiary/aromatic N) is 1. The summed E-state index contributed by atoms with van der Waals surface area (Å²) in [7, 11) is 0. The maximum absolute atomic E-state index is 8.70. The zero-order valence-corrected chi connectivity index (χ0v) is 7.10. The van der Waals surface area contributed by atoms with E-state index in [1.807, 2.05) is 6.92 Å². The molecule has 3 heteroatoms. The summed E-state index contributed by atoms with van der Waals surface area (Å²) in [6.07, 6.45) is 2.57. The third kappa shape index (κ3) is 1.91. The van der Waals surface area contributed by atoms with Crippen LogP contribution in [0.15, 0.2) is 12.3 Å². The number of aryl methyl sites for hydroxylation is 1. The summed E-state index contributed by atoms with van der Waals surface area (Å²) in [6.45, 7) is 1.96. The van der Waals surface area contributed by atoms with E-state index in [4.69, 9.17) is 16.7 Å². The van der Waals surface area contributed by atoms with Crippen LogP contribution in [0, 0.1) is 0 Å². The average Bonchev–Trinajstić information content (AvgIpc) is 2.04. The molecule has 0 unspecified atom stereocenters. The van der Waals surface area contributed by atoms with Gasteiger partial charge in [0.15, 0.2) is 0 Å². The lowest BCUT2D eigenvalue weighted by Crippen LogP contribution is -1.91. The molecule has 0 aliphatic carbocycles. The van der Waals surface area contributed by atoms with E-state index in [2.05, 4.69) is 4.98 Å². The van der Waals surface area contributed by atoms with Crippen LogP contribution in [0.3, 0.4) is 0 Å². The van der Waals surface area contributed by atoms with Crippen LogP contribution in [0.4, 0.5) is 0 Å². The number of rotatable bonds is 2. The Labute approximate surface area is 70.8 Å². The Bertz CT molecular complexity index is 250. The standard InChI is InChI=1S/C8H10ClNO/c1-2-6-4-10-7(5-11)3-8(6)9/h3-4,11H,2,5H2,1H3. The highest BCUT2D eigenvalue weighted by molar-refractivity contribution is 6.31. The van der Waals surface area contributed by atoms with Crippen molar-refractivity contribution in [2.75, 3.05) is 0 Å². The summed E-state index contributed by atoms with van der Waals surface area (Å²) in [5.74, 6) is 0. The first-order valence-corrected chi connectivity index (χ1v) is 3.90. The van der Waals surface area contributed by atoms with E-state index >= 15 is 0 Å². The molecule has 0 saturated carbocycles. The fourth-order valence-electron chi connectivity index (χ4n) is 0.845. The van der Waals surface area contributed by atoms with Crippen LogP contribution < -0.4 is 0 Å². The molecule has 0 fully saturated rings. The van der Waals surface area contributed by atoms with Gasteiger partial charge < -0.3 is 5.11 Å². The molecule has 0 amide bonds. The third-order valence-corrected chi connectivity index (χ3v) is 1.88. The molecule has 0 bridgehead atoms. The number of hydrogen-bond donors (Lipinski definition) is 1. The van der Waals surface area contributed by atoms with Crippen LogP contribution in [-0.2, 0) is 13.0 Å². The van der Waals surface area contributed by atoms with Gasteiger partial charge in [-0.25, -0.2) is 0 Å². The first kappa shape index (κ1) is 8.50. The maximum atomic E-state index is 8.70. The predicted molar refractivity (Wildman–Crippen MR) is 44.5 cm³/mol. The molecular weight excluding hydrogens is 162 g/mol. The highest BCUT2D eigenvalue weighted by Gasteiger charge is 1.99. The van der Waals surface area contributed by atoms with E-state index < -0.39 is 0 Å². The number of aliphatic hydroxyl groups excluding tert-OH is 1. The minimum Gasteiger partial charge on any atom is -0.390 e. The Kier molecular flexibility index (Phi) is 2.85. The van der Waals surface area contributed by atoms with E-state index in [9.17, 15) is 0 Å². The van der Waals surface area contributed by atoms with Gasteiger partial charge in [-0.05, 0) is 18.1 Å². The lowest BCUT2D eigenvalue weighted by molar-refractivity contribution is 0.277. The molecule has 1 heterocycles. The molecule has 1 rings (SSSR count). The maximum Gasteiger partial charge on any atom is 0.0853 e.